The van der Waals surface area contributed by atoms with Crippen LogP contribution in [-0.4, -0.2) is 76.1 Å². The van der Waals surface area contributed by atoms with E-state index in [0.29, 0.717) is 12.8 Å². The van der Waals surface area contributed by atoms with E-state index >= 15 is 0 Å². The lowest BCUT2D eigenvalue weighted by Crippen LogP contribution is -2.63. The van der Waals surface area contributed by atoms with Crippen molar-refractivity contribution in [2.24, 2.45) is 11.0 Å². The zero-order chi connectivity index (χ0) is 25.5. The number of azide groups is 1. The van der Waals surface area contributed by atoms with Crippen LogP contribution in [0.3, 0.4) is 0 Å². The van der Waals surface area contributed by atoms with E-state index in [-0.39, 0.29) is 19.2 Å². The molecule has 4 rings (SSSR count). The van der Waals surface area contributed by atoms with Gasteiger partial charge in [-0.1, -0.05) is 48.3 Å². The van der Waals surface area contributed by atoms with Crippen LogP contribution < -0.4 is 0 Å². The Balaban J connectivity index is 1.58. The Labute approximate surface area is 208 Å². The van der Waals surface area contributed by atoms with Crippen molar-refractivity contribution >= 4 is 11.9 Å². The number of esters is 2. The summed E-state index contributed by atoms with van der Waals surface area (Å²) in [6.07, 6.45) is -1.53. The maximum Gasteiger partial charge on any atom is 0.331 e. The van der Waals surface area contributed by atoms with Gasteiger partial charge in [0.05, 0.1) is 32.8 Å². The minimum Gasteiger partial charge on any atom is -0.469 e. The second-order valence-corrected chi connectivity index (χ2v) is 8.86. The van der Waals surface area contributed by atoms with Gasteiger partial charge in [0.15, 0.2) is 12.6 Å². The summed E-state index contributed by atoms with van der Waals surface area (Å²) in [6, 6.07) is 8.35. The summed E-state index contributed by atoms with van der Waals surface area (Å²) in [5.41, 5.74) is 10.1. The highest BCUT2D eigenvalue weighted by Crippen LogP contribution is 2.38. The molecule has 0 N–H and O–H groups in total. The van der Waals surface area contributed by atoms with Gasteiger partial charge in [-0.15, -0.1) is 0 Å². The van der Waals surface area contributed by atoms with Crippen molar-refractivity contribution in [3.8, 4) is 0 Å². The van der Waals surface area contributed by atoms with Crippen molar-refractivity contribution < 1.29 is 42.7 Å². The Morgan fingerprint density at radius 1 is 1.11 bits per heavy atom. The van der Waals surface area contributed by atoms with Gasteiger partial charge in [-0.25, -0.2) is 4.79 Å². The van der Waals surface area contributed by atoms with Crippen molar-refractivity contribution in [3.63, 3.8) is 0 Å². The van der Waals surface area contributed by atoms with Crippen molar-refractivity contribution in [1.29, 1.82) is 0 Å². The van der Waals surface area contributed by atoms with E-state index in [2.05, 4.69) is 10.0 Å². The highest BCUT2D eigenvalue weighted by Gasteiger charge is 2.52. The molecule has 12 nitrogen and oxygen atoms in total. The Kier molecular flexibility index (Phi) is 9.13. The van der Waals surface area contributed by atoms with Crippen molar-refractivity contribution in [1.82, 2.24) is 0 Å². The Morgan fingerprint density at radius 3 is 2.61 bits per heavy atom. The normalized spacial score (nSPS) is 34.1. The first-order valence-electron chi connectivity index (χ1n) is 12.0. The first kappa shape index (κ1) is 26.3. The number of fused-ring (bicyclic) bond motifs is 1. The van der Waals surface area contributed by atoms with Gasteiger partial charge in [-0.3, -0.25) is 4.79 Å². The van der Waals surface area contributed by atoms with Crippen LogP contribution in [0.15, 0.2) is 35.4 Å². The van der Waals surface area contributed by atoms with Crippen LogP contribution in [0.5, 0.6) is 0 Å². The summed E-state index contributed by atoms with van der Waals surface area (Å²) in [5, 5.41) is 3.91. The standard InChI is InChI=1S/C24H31N3O9/c1-30-18(28)13-32-21-19(26-27-25)24(34-16-11-7-6-10-15(16)22(29)31-2)35-17-12-33-23(36-20(17)21)14-8-4-3-5-9-14/h3-5,8-9,15-17,19-21,23-24H,6-7,10-13H2,1-2H3/t15-,16?,17?,19?,20+,21+,23?,24?/m0/s1. The van der Waals surface area contributed by atoms with E-state index in [1.807, 2.05) is 30.3 Å². The summed E-state index contributed by atoms with van der Waals surface area (Å²) >= 11 is 0. The second kappa shape index (κ2) is 12.5. The van der Waals surface area contributed by atoms with Gasteiger partial charge in [0.2, 0.25) is 0 Å². The average Bonchev–Trinajstić information content (AvgIpc) is 2.92. The maximum absolute atomic E-state index is 12.4. The number of methoxy groups -OCH3 is 2. The van der Waals surface area contributed by atoms with E-state index in [1.54, 1.807) is 0 Å². The van der Waals surface area contributed by atoms with Crippen LogP contribution in [0.2, 0.25) is 0 Å². The molecule has 2 aliphatic heterocycles. The number of rotatable bonds is 8. The van der Waals surface area contributed by atoms with E-state index in [0.717, 1.165) is 18.4 Å². The Hall–Kier alpha value is -2.73. The molecule has 1 aromatic carbocycles. The first-order chi connectivity index (χ1) is 17.5. The summed E-state index contributed by atoms with van der Waals surface area (Å²) in [4.78, 5) is 27.2. The Bertz CT molecular complexity index is 942. The fourth-order valence-electron chi connectivity index (χ4n) is 4.90. The summed E-state index contributed by atoms with van der Waals surface area (Å²) < 4.78 is 40.1. The van der Waals surface area contributed by atoms with Crippen molar-refractivity contribution in [2.75, 3.05) is 27.4 Å². The van der Waals surface area contributed by atoms with Crippen molar-refractivity contribution in [3.05, 3.63) is 46.3 Å². The van der Waals surface area contributed by atoms with Crippen LogP contribution in [0.25, 0.3) is 10.4 Å². The van der Waals surface area contributed by atoms with Crippen LogP contribution in [0.4, 0.5) is 0 Å². The minimum atomic E-state index is -1.06. The number of benzene rings is 1. The fourth-order valence-corrected chi connectivity index (χ4v) is 4.90. The predicted octanol–water partition coefficient (Wildman–Crippen LogP) is 2.81. The molecule has 0 amide bonds. The molecule has 0 aromatic heterocycles. The lowest BCUT2D eigenvalue weighted by atomic mass is 9.86. The average molecular weight is 506 g/mol. The smallest absolute Gasteiger partial charge is 0.331 e. The SMILES string of the molecule is COC(=O)CO[C@@H]1C(N=[N+]=[N-])C(OC2CCCC[C@@H]2C(=O)OC)OC2COC(c3ccccc3)O[C@H]21. The number of hydrogen-bond acceptors (Lipinski definition) is 10. The molecule has 5 unspecified atom stereocenters. The topological polar surface area (TPSA) is 148 Å². The van der Waals surface area contributed by atoms with Gasteiger partial charge in [-0.2, -0.15) is 0 Å². The van der Waals surface area contributed by atoms with Crippen LogP contribution >= 0.6 is 0 Å². The highest BCUT2D eigenvalue weighted by molar-refractivity contribution is 5.73. The number of carbonyl (C=O) groups is 2. The molecule has 2 heterocycles. The van der Waals surface area contributed by atoms with Gasteiger partial charge in [0, 0.05) is 10.5 Å². The molecule has 3 fully saturated rings. The molecule has 36 heavy (non-hydrogen) atoms. The zero-order valence-electron chi connectivity index (χ0n) is 20.3. The Morgan fingerprint density at radius 2 is 1.89 bits per heavy atom. The van der Waals surface area contributed by atoms with Crippen LogP contribution in [0.1, 0.15) is 37.5 Å². The summed E-state index contributed by atoms with van der Waals surface area (Å²) in [7, 11) is 2.59. The third kappa shape index (κ3) is 5.97. The minimum absolute atomic E-state index is 0.149. The molecule has 12 heteroatoms. The zero-order valence-corrected chi connectivity index (χ0v) is 20.3. The highest BCUT2D eigenvalue weighted by atomic mass is 16.8. The third-order valence-electron chi connectivity index (χ3n) is 6.70. The van der Waals surface area contributed by atoms with E-state index < -0.39 is 54.9 Å². The fraction of sp³-hybridized carbons (Fsp3) is 0.667. The molecule has 8 atom stereocenters. The number of ether oxygens (including phenoxy) is 7. The van der Waals surface area contributed by atoms with Gasteiger partial charge >= 0.3 is 11.9 Å². The number of hydrogen-bond donors (Lipinski definition) is 0. The van der Waals surface area contributed by atoms with E-state index in [4.69, 9.17) is 33.2 Å². The monoisotopic (exact) mass is 505 g/mol. The first-order valence-corrected chi connectivity index (χ1v) is 12.0. The lowest BCUT2D eigenvalue weighted by Gasteiger charge is -2.49. The van der Waals surface area contributed by atoms with E-state index in [9.17, 15) is 15.1 Å². The lowest BCUT2D eigenvalue weighted by molar-refractivity contribution is -0.352. The maximum atomic E-state index is 12.4. The molecule has 1 saturated carbocycles. The van der Waals surface area contributed by atoms with Crippen LogP contribution in [-0.2, 0) is 42.7 Å². The van der Waals surface area contributed by atoms with Gasteiger partial charge in [0.1, 0.15) is 31.0 Å². The molecule has 3 aliphatic rings. The number of nitrogens with zero attached hydrogens (tertiary/aromatic N) is 3. The molecular formula is C24H31N3O9. The predicted molar refractivity (Wildman–Crippen MR) is 122 cm³/mol. The largest absolute Gasteiger partial charge is 0.469 e. The quantitative estimate of drug-likeness (QED) is 0.225. The number of carbonyl (C=O) groups excluding carboxylic acids is 2. The van der Waals surface area contributed by atoms with Gasteiger partial charge in [-0.05, 0) is 18.4 Å². The van der Waals surface area contributed by atoms with Crippen molar-refractivity contribution in [2.45, 2.75) is 68.7 Å². The van der Waals surface area contributed by atoms with Gasteiger partial charge < -0.3 is 33.2 Å². The molecule has 1 aromatic rings. The molecule has 0 spiro atoms. The third-order valence-corrected chi connectivity index (χ3v) is 6.70. The van der Waals surface area contributed by atoms with E-state index in [1.165, 1.54) is 14.2 Å². The molecule has 196 valence electrons. The van der Waals surface area contributed by atoms with Gasteiger partial charge in [0.25, 0.3) is 0 Å². The molecule has 1 aliphatic carbocycles. The molecule has 2 saturated heterocycles. The second-order valence-electron chi connectivity index (χ2n) is 8.86. The van der Waals surface area contributed by atoms with Crippen LogP contribution in [0, 0.1) is 5.92 Å². The molecule has 0 radical (unpaired) electrons. The summed E-state index contributed by atoms with van der Waals surface area (Å²) in [6.45, 7) is -0.237. The molecular weight excluding hydrogens is 474 g/mol. The summed E-state index contributed by atoms with van der Waals surface area (Å²) in [5.74, 6) is -1.42. The molecule has 0 bridgehead atoms.